The summed E-state index contributed by atoms with van der Waals surface area (Å²) >= 11 is 0. The van der Waals surface area contributed by atoms with Gasteiger partial charge in [-0.3, -0.25) is 9.59 Å². The number of nitrogens with zero attached hydrogens (tertiary/aromatic N) is 2. The van der Waals surface area contributed by atoms with Crippen LogP contribution in [0.3, 0.4) is 0 Å². The molecule has 0 unspecified atom stereocenters. The number of nitrogens with one attached hydrogen (secondary N) is 2. The molecule has 18 nitrogen and oxygen atoms in total. The third-order valence-corrected chi connectivity index (χ3v) is 9.19. The number of carbonyl (C=O) groups is 4. The molecule has 2 N–H and O–H groups in total. The second-order valence-electron chi connectivity index (χ2n) is 13.3. The van der Waals surface area contributed by atoms with Crippen molar-refractivity contribution in [1.82, 2.24) is 10.9 Å². The molecule has 4 aromatic rings. The lowest BCUT2D eigenvalue weighted by Gasteiger charge is -2.14. The van der Waals surface area contributed by atoms with Crippen molar-refractivity contribution in [2.45, 2.75) is 44.9 Å². The van der Waals surface area contributed by atoms with Gasteiger partial charge in [-0.15, -0.1) is 0 Å². The van der Waals surface area contributed by atoms with Crippen molar-refractivity contribution in [3.8, 4) is 57.5 Å². The molecule has 4 rings (SSSR count). The van der Waals surface area contributed by atoms with E-state index < -0.39 is 11.9 Å². The Morgan fingerprint density at radius 3 is 1.08 bits per heavy atom. The lowest BCUT2D eigenvalue weighted by Crippen LogP contribution is -2.17. The Morgan fingerprint density at radius 1 is 0.429 bits per heavy atom. The minimum Gasteiger partial charge on any atom is -0.493 e. The van der Waals surface area contributed by atoms with E-state index in [9.17, 15) is 19.2 Å². The number of ether oxygens (including phenoxy) is 10. The van der Waals surface area contributed by atoms with Crippen molar-refractivity contribution in [2.75, 3.05) is 56.9 Å². The van der Waals surface area contributed by atoms with E-state index in [0.717, 1.165) is 19.3 Å². The molecule has 0 aliphatic heterocycles. The van der Waals surface area contributed by atoms with Crippen LogP contribution in [-0.4, -0.2) is 93.1 Å². The number of amides is 2. The second kappa shape index (κ2) is 24.7. The molecule has 0 radical (unpaired) electrons. The fourth-order valence-electron chi connectivity index (χ4n) is 5.98. The number of hydrogen-bond donors (Lipinski definition) is 2. The summed E-state index contributed by atoms with van der Waals surface area (Å²) in [6.45, 7) is 0. The standard InChI is InChI=1S/C45H52N4O14/c1-54-34-20-28(16-18-32(34)62-44(52)30-22-36(56-3)42(60-7)37(23-30)57-4)26-46-48-40(50)14-12-10-9-11-13-15-41(51)49-47-27-29-17-19-33(35(21-29)55-2)63-45(53)31-24-38(58-5)43(61-8)39(25-31)59-6/h16-27H,9-15H2,1-8H3,(H,48,50)(H,49,51)/b46-26+,47-27+. The average molecular weight is 873 g/mol. The Kier molecular flexibility index (Phi) is 18.9. The van der Waals surface area contributed by atoms with Crippen molar-refractivity contribution in [2.24, 2.45) is 10.2 Å². The molecule has 0 heterocycles. The maximum atomic E-state index is 13.0. The van der Waals surface area contributed by atoms with Gasteiger partial charge in [-0.1, -0.05) is 19.3 Å². The molecule has 0 aliphatic carbocycles. The van der Waals surface area contributed by atoms with Gasteiger partial charge >= 0.3 is 11.9 Å². The van der Waals surface area contributed by atoms with Crippen molar-refractivity contribution >= 4 is 36.2 Å². The van der Waals surface area contributed by atoms with Gasteiger partial charge in [0.15, 0.2) is 46.0 Å². The van der Waals surface area contributed by atoms with Gasteiger partial charge in [0.25, 0.3) is 0 Å². The quantitative estimate of drug-likeness (QED) is 0.0253. The largest absolute Gasteiger partial charge is 0.493 e. The smallest absolute Gasteiger partial charge is 0.343 e. The molecule has 4 aromatic carbocycles. The third-order valence-electron chi connectivity index (χ3n) is 9.19. The number of carbonyl (C=O) groups excluding carboxylic acids is 4. The van der Waals surface area contributed by atoms with Crippen LogP contribution in [-0.2, 0) is 9.59 Å². The first-order chi connectivity index (χ1) is 30.5. The van der Waals surface area contributed by atoms with Gasteiger partial charge < -0.3 is 47.4 Å². The van der Waals surface area contributed by atoms with E-state index >= 15 is 0 Å². The number of benzene rings is 4. The summed E-state index contributed by atoms with van der Waals surface area (Å²) in [6, 6.07) is 15.6. The zero-order valence-electron chi connectivity index (χ0n) is 36.5. The molecule has 336 valence electrons. The minimum atomic E-state index is -0.671. The SMILES string of the molecule is COc1cc(/C=N/NC(=O)CCCCCCCC(=O)N/N=C/c2ccc(OC(=O)c3cc(OC)c(OC)c(OC)c3)c(OC)c2)ccc1OC(=O)c1cc(OC)c(OC)c(OC)c1. The van der Waals surface area contributed by atoms with Crippen LogP contribution in [0.25, 0.3) is 0 Å². The first-order valence-corrected chi connectivity index (χ1v) is 19.6. The van der Waals surface area contributed by atoms with Gasteiger partial charge in [-0.25, -0.2) is 20.4 Å². The molecule has 0 bridgehead atoms. The second-order valence-corrected chi connectivity index (χ2v) is 13.3. The highest BCUT2D eigenvalue weighted by atomic mass is 16.6. The summed E-state index contributed by atoms with van der Waals surface area (Å²) in [6.07, 6.45) is 7.25. The first-order valence-electron chi connectivity index (χ1n) is 19.6. The maximum Gasteiger partial charge on any atom is 0.343 e. The summed E-state index contributed by atoms with van der Waals surface area (Å²) in [7, 11) is 11.6. The molecule has 2 amide bonds. The Hall–Kier alpha value is -7.50. The fourth-order valence-corrected chi connectivity index (χ4v) is 5.98. The normalized spacial score (nSPS) is 10.8. The van der Waals surface area contributed by atoms with E-state index in [1.807, 2.05) is 0 Å². The van der Waals surface area contributed by atoms with Gasteiger partial charge in [0.05, 0.1) is 80.4 Å². The predicted molar refractivity (Wildman–Crippen MR) is 232 cm³/mol. The highest BCUT2D eigenvalue weighted by Gasteiger charge is 2.21. The first kappa shape index (κ1) is 48.2. The third kappa shape index (κ3) is 13.8. The van der Waals surface area contributed by atoms with E-state index in [4.69, 9.17) is 47.4 Å². The van der Waals surface area contributed by atoms with E-state index in [1.165, 1.54) is 93.6 Å². The monoisotopic (exact) mass is 872 g/mol. The topological polar surface area (TPSA) is 209 Å². The van der Waals surface area contributed by atoms with Crippen LogP contribution >= 0.6 is 0 Å². The molecule has 0 saturated heterocycles. The summed E-state index contributed by atoms with van der Waals surface area (Å²) in [5.41, 5.74) is 6.57. The molecule has 0 saturated carbocycles. The number of esters is 2. The van der Waals surface area contributed by atoms with E-state index in [-0.39, 0.29) is 58.8 Å². The van der Waals surface area contributed by atoms with Crippen LogP contribution in [0, 0.1) is 0 Å². The predicted octanol–water partition coefficient (Wildman–Crippen LogP) is 6.52. The van der Waals surface area contributed by atoms with Gasteiger partial charge in [-0.2, -0.15) is 10.2 Å². The van der Waals surface area contributed by atoms with Gasteiger partial charge in [0.2, 0.25) is 23.3 Å². The number of hydrogen-bond acceptors (Lipinski definition) is 16. The van der Waals surface area contributed by atoms with E-state index in [0.29, 0.717) is 58.5 Å². The van der Waals surface area contributed by atoms with Crippen molar-refractivity contribution in [3.63, 3.8) is 0 Å². The molecular formula is C45H52N4O14. The summed E-state index contributed by atoms with van der Waals surface area (Å²) in [5.74, 6) is 0.959. The van der Waals surface area contributed by atoms with Gasteiger partial charge in [-0.05, 0) is 84.6 Å². The molecule has 18 heteroatoms. The van der Waals surface area contributed by atoms with Crippen LogP contribution in [0.4, 0.5) is 0 Å². The van der Waals surface area contributed by atoms with Gasteiger partial charge in [0.1, 0.15) is 0 Å². The molecule has 0 atom stereocenters. The van der Waals surface area contributed by atoms with Crippen LogP contribution < -0.4 is 58.2 Å². The number of rotatable bonds is 24. The summed E-state index contributed by atoms with van der Waals surface area (Å²) in [4.78, 5) is 50.6. The highest BCUT2D eigenvalue weighted by molar-refractivity contribution is 5.94. The Balaban J connectivity index is 1.13. The highest BCUT2D eigenvalue weighted by Crippen LogP contribution is 2.40. The molecular weight excluding hydrogens is 821 g/mol. The molecule has 0 aromatic heterocycles. The fraction of sp³-hybridized carbons (Fsp3) is 0.333. The molecule has 0 fully saturated rings. The summed E-state index contributed by atoms with van der Waals surface area (Å²) in [5, 5.41) is 8.06. The van der Waals surface area contributed by atoms with E-state index in [2.05, 4.69) is 21.1 Å². The molecule has 0 spiro atoms. The van der Waals surface area contributed by atoms with Crippen LogP contribution in [0.1, 0.15) is 76.8 Å². The number of unbranched alkanes of at least 4 members (excludes halogenated alkanes) is 4. The van der Waals surface area contributed by atoms with Crippen molar-refractivity contribution < 1.29 is 66.5 Å². The van der Waals surface area contributed by atoms with E-state index in [1.54, 1.807) is 36.4 Å². The zero-order valence-corrected chi connectivity index (χ0v) is 36.5. The van der Waals surface area contributed by atoms with Crippen molar-refractivity contribution in [1.29, 1.82) is 0 Å². The Bertz CT molecular complexity index is 2070. The maximum absolute atomic E-state index is 13.0. The Labute approximate surface area is 365 Å². The average Bonchev–Trinajstić information content (AvgIpc) is 3.30. The summed E-state index contributed by atoms with van der Waals surface area (Å²) < 4.78 is 53.9. The lowest BCUT2D eigenvalue weighted by atomic mass is 10.1. The molecule has 0 aliphatic rings. The van der Waals surface area contributed by atoms with Crippen LogP contribution in [0.15, 0.2) is 70.9 Å². The van der Waals surface area contributed by atoms with Crippen molar-refractivity contribution in [3.05, 3.63) is 82.9 Å². The minimum absolute atomic E-state index is 0.172. The van der Waals surface area contributed by atoms with Gasteiger partial charge in [0, 0.05) is 12.8 Å². The molecule has 63 heavy (non-hydrogen) atoms. The van der Waals surface area contributed by atoms with Crippen LogP contribution in [0.2, 0.25) is 0 Å². The number of hydrazone groups is 2. The lowest BCUT2D eigenvalue weighted by molar-refractivity contribution is -0.121. The zero-order chi connectivity index (χ0) is 45.7. The number of methoxy groups -OCH3 is 8. The Morgan fingerprint density at radius 2 is 0.762 bits per heavy atom. The van der Waals surface area contributed by atoms with Crippen LogP contribution in [0.5, 0.6) is 57.5 Å².